The average Bonchev–Trinajstić information content (AvgIpc) is 2.90. The molecule has 1 aromatic carbocycles. The van der Waals surface area contributed by atoms with E-state index in [0.717, 1.165) is 17.6 Å². The van der Waals surface area contributed by atoms with E-state index in [-0.39, 0.29) is 12.1 Å². The van der Waals surface area contributed by atoms with Crippen LogP contribution in [0.2, 0.25) is 0 Å². The van der Waals surface area contributed by atoms with Gasteiger partial charge in [0.15, 0.2) is 21.5 Å². The Hall–Kier alpha value is -1.91. The molecule has 0 aliphatic carbocycles. The minimum absolute atomic E-state index is 0.193. The minimum Gasteiger partial charge on any atom is -0.476 e. The lowest BCUT2D eigenvalue weighted by Crippen LogP contribution is -2.24. The van der Waals surface area contributed by atoms with Crippen molar-refractivity contribution in [2.45, 2.75) is 10.8 Å². The summed E-state index contributed by atoms with van der Waals surface area (Å²) in [5.41, 5.74) is 0.701. The van der Waals surface area contributed by atoms with Crippen molar-refractivity contribution in [2.75, 3.05) is 0 Å². The minimum atomic E-state index is -4.10. The standard InChI is InChI=1S/C11H8F2N2O4S2/c12-7-2-1-6(3-8(7)13)4-15-21(18,19)11-9(10(16)17)14-5-20-11/h1-3,5,15H,4H2,(H,16,17). The zero-order valence-electron chi connectivity index (χ0n) is 10.2. The van der Waals surface area contributed by atoms with E-state index >= 15 is 0 Å². The predicted molar refractivity (Wildman–Crippen MR) is 69.5 cm³/mol. The first-order chi connectivity index (χ1) is 9.81. The van der Waals surface area contributed by atoms with Gasteiger partial charge >= 0.3 is 5.97 Å². The van der Waals surface area contributed by atoms with Gasteiger partial charge in [-0.25, -0.2) is 31.7 Å². The van der Waals surface area contributed by atoms with Gasteiger partial charge in [0.05, 0.1) is 5.51 Å². The monoisotopic (exact) mass is 334 g/mol. The van der Waals surface area contributed by atoms with Crippen LogP contribution < -0.4 is 4.72 Å². The van der Waals surface area contributed by atoms with Gasteiger partial charge in [0.2, 0.25) is 0 Å². The molecule has 0 aliphatic rings. The first kappa shape index (κ1) is 15.5. The molecular weight excluding hydrogens is 326 g/mol. The largest absolute Gasteiger partial charge is 0.476 e. The third-order valence-electron chi connectivity index (χ3n) is 2.43. The van der Waals surface area contributed by atoms with Crippen LogP contribution in [-0.4, -0.2) is 24.5 Å². The number of aromatic carboxylic acids is 1. The lowest BCUT2D eigenvalue weighted by atomic mass is 10.2. The van der Waals surface area contributed by atoms with E-state index in [0.29, 0.717) is 11.3 Å². The number of sulfonamides is 1. The molecule has 2 rings (SSSR count). The van der Waals surface area contributed by atoms with Gasteiger partial charge < -0.3 is 5.11 Å². The number of thiazole rings is 1. The Morgan fingerprint density at radius 1 is 1.33 bits per heavy atom. The van der Waals surface area contributed by atoms with Crippen molar-refractivity contribution in [3.8, 4) is 0 Å². The first-order valence-electron chi connectivity index (χ1n) is 5.41. The Morgan fingerprint density at radius 3 is 2.67 bits per heavy atom. The first-order valence-corrected chi connectivity index (χ1v) is 7.78. The number of nitrogens with one attached hydrogen (secondary N) is 1. The molecule has 2 aromatic rings. The van der Waals surface area contributed by atoms with Crippen LogP contribution in [0.15, 0.2) is 27.9 Å². The van der Waals surface area contributed by atoms with Crippen molar-refractivity contribution in [3.63, 3.8) is 0 Å². The van der Waals surface area contributed by atoms with Crippen LogP contribution in [0.3, 0.4) is 0 Å². The molecule has 0 fully saturated rings. The Morgan fingerprint density at radius 2 is 2.05 bits per heavy atom. The van der Waals surface area contributed by atoms with E-state index in [4.69, 9.17) is 5.11 Å². The molecule has 21 heavy (non-hydrogen) atoms. The van der Waals surface area contributed by atoms with Crippen molar-refractivity contribution in [3.05, 3.63) is 46.6 Å². The molecule has 0 atom stereocenters. The topological polar surface area (TPSA) is 96.4 Å². The highest BCUT2D eigenvalue weighted by molar-refractivity contribution is 7.91. The molecule has 6 nitrogen and oxygen atoms in total. The molecule has 10 heteroatoms. The van der Waals surface area contributed by atoms with Gasteiger partial charge in [-0.1, -0.05) is 6.07 Å². The number of hydrogen-bond acceptors (Lipinski definition) is 5. The molecular formula is C11H8F2N2O4S2. The van der Waals surface area contributed by atoms with Crippen molar-refractivity contribution in [1.29, 1.82) is 0 Å². The molecule has 112 valence electrons. The predicted octanol–water partition coefficient (Wildman–Crippen LogP) is 1.60. The van der Waals surface area contributed by atoms with E-state index < -0.39 is 37.5 Å². The maximum Gasteiger partial charge on any atom is 0.356 e. The van der Waals surface area contributed by atoms with Crippen LogP contribution in [0.5, 0.6) is 0 Å². The van der Waals surface area contributed by atoms with Crippen LogP contribution in [0.25, 0.3) is 0 Å². The Kier molecular flexibility index (Phi) is 4.30. The fourth-order valence-corrected chi connectivity index (χ4v) is 3.66. The molecule has 0 bridgehead atoms. The number of halogens is 2. The molecule has 0 radical (unpaired) electrons. The summed E-state index contributed by atoms with van der Waals surface area (Å²) in [5.74, 6) is -3.61. The fraction of sp³-hybridized carbons (Fsp3) is 0.0909. The van der Waals surface area contributed by atoms with Crippen LogP contribution in [0, 0.1) is 11.6 Å². The van der Waals surface area contributed by atoms with Crippen molar-refractivity contribution >= 4 is 27.3 Å². The van der Waals surface area contributed by atoms with E-state index in [9.17, 15) is 22.0 Å². The van der Waals surface area contributed by atoms with Gasteiger partial charge in [0.1, 0.15) is 0 Å². The Bertz CT molecular complexity index is 789. The Balaban J connectivity index is 2.20. The summed E-state index contributed by atoms with van der Waals surface area (Å²) in [6, 6.07) is 2.93. The highest BCUT2D eigenvalue weighted by Crippen LogP contribution is 2.20. The number of carboxylic acid groups (broad SMARTS) is 1. The second-order valence-corrected chi connectivity index (χ2v) is 6.68. The van der Waals surface area contributed by atoms with Crippen LogP contribution in [-0.2, 0) is 16.6 Å². The van der Waals surface area contributed by atoms with Crippen molar-refractivity contribution in [2.24, 2.45) is 0 Å². The molecule has 1 heterocycles. The number of carbonyl (C=O) groups is 1. The van der Waals surface area contributed by atoms with Gasteiger partial charge in [-0.2, -0.15) is 0 Å². The maximum atomic E-state index is 13.0. The summed E-state index contributed by atoms with van der Waals surface area (Å²) in [5, 5.41) is 8.83. The molecule has 2 N–H and O–H groups in total. The average molecular weight is 334 g/mol. The smallest absolute Gasteiger partial charge is 0.356 e. The zero-order chi connectivity index (χ0) is 15.6. The summed E-state index contributed by atoms with van der Waals surface area (Å²) in [6.45, 7) is -0.309. The number of hydrogen-bond donors (Lipinski definition) is 2. The van der Waals surface area contributed by atoms with Crippen molar-refractivity contribution < 1.29 is 27.1 Å². The van der Waals surface area contributed by atoms with E-state index in [1.807, 2.05) is 0 Å². The third-order valence-corrected chi connectivity index (χ3v) is 5.20. The number of benzene rings is 1. The quantitative estimate of drug-likeness (QED) is 0.866. The lowest BCUT2D eigenvalue weighted by Gasteiger charge is -2.06. The Labute approximate surface area is 122 Å². The summed E-state index contributed by atoms with van der Waals surface area (Å²) >= 11 is 0.649. The lowest BCUT2D eigenvalue weighted by molar-refractivity contribution is 0.0687. The second-order valence-electron chi connectivity index (χ2n) is 3.87. The van der Waals surface area contributed by atoms with E-state index in [1.54, 1.807) is 0 Å². The summed E-state index contributed by atoms with van der Waals surface area (Å²) in [6.07, 6.45) is 0. The SMILES string of the molecule is O=C(O)c1ncsc1S(=O)(=O)NCc1ccc(F)c(F)c1. The van der Waals surface area contributed by atoms with Gasteiger partial charge in [-0.15, -0.1) is 11.3 Å². The third kappa shape index (κ3) is 3.40. The molecule has 1 aromatic heterocycles. The van der Waals surface area contributed by atoms with Gasteiger partial charge in [-0.05, 0) is 17.7 Å². The normalized spacial score (nSPS) is 11.5. The number of carboxylic acids is 1. The molecule has 0 spiro atoms. The van der Waals surface area contributed by atoms with Crippen LogP contribution in [0.1, 0.15) is 16.1 Å². The summed E-state index contributed by atoms with van der Waals surface area (Å²) < 4.78 is 51.4. The van der Waals surface area contributed by atoms with Crippen molar-refractivity contribution in [1.82, 2.24) is 9.71 Å². The van der Waals surface area contributed by atoms with Crippen LogP contribution in [0.4, 0.5) is 8.78 Å². The zero-order valence-corrected chi connectivity index (χ0v) is 11.8. The second kappa shape index (κ2) is 5.84. The maximum absolute atomic E-state index is 13.0. The summed E-state index contributed by atoms with van der Waals surface area (Å²) in [4.78, 5) is 14.3. The highest BCUT2D eigenvalue weighted by Gasteiger charge is 2.25. The fourth-order valence-electron chi connectivity index (χ4n) is 1.46. The van der Waals surface area contributed by atoms with Gasteiger partial charge in [0.25, 0.3) is 10.0 Å². The van der Waals surface area contributed by atoms with E-state index in [1.165, 1.54) is 6.07 Å². The molecule has 0 saturated heterocycles. The molecule has 0 saturated carbocycles. The van der Waals surface area contributed by atoms with Gasteiger partial charge in [-0.3, -0.25) is 0 Å². The molecule has 0 amide bonds. The van der Waals surface area contributed by atoms with Crippen LogP contribution >= 0.6 is 11.3 Å². The van der Waals surface area contributed by atoms with Gasteiger partial charge in [0, 0.05) is 6.54 Å². The molecule has 0 aliphatic heterocycles. The summed E-state index contributed by atoms with van der Waals surface area (Å²) in [7, 11) is -4.10. The highest BCUT2D eigenvalue weighted by atomic mass is 32.2. The number of rotatable bonds is 5. The van der Waals surface area contributed by atoms with E-state index in [2.05, 4.69) is 9.71 Å². The molecule has 0 unspecified atom stereocenters. The number of nitrogens with zero attached hydrogens (tertiary/aromatic N) is 1. The number of aromatic nitrogens is 1.